The van der Waals surface area contributed by atoms with Crippen LogP contribution in [0.3, 0.4) is 0 Å². The van der Waals surface area contributed by atoms with Crippen molar-refractivity contribution in [2.24, 2.45) is 0 Å². The summed E-state index contributed by atoms with van der Waals surface area (Å²) in [7, 11) is -3.77. The lowest BCUT2D eigenvalue weighted by atomic mass is 10.4. The van der Waals surface area contributed by atoms with Gasteiger partial charge in [0.2, 0.25) is 15.8 Å². The molecule has 1 unspecified atom stereocenters. The fraction of sp³-hybridized carbons (Fsp3) is 0.583. The SMILES string of the molecule is Cc1oc(C(=O)O)cc1S(=O)(=O)N1CCCOC(C)C1. The zero-order valence-corrected chi connectivity index (χ0v) is 12.1. The number of ether oxygens (including phenoxy) is 1. The molecule has 1 aromatic rings. The minimum absolute atomic E-state index is 0.0835. The molecule has 0 radical (unpaired) electrons. The molecule has 2 rings (SSSR count). The van der Waals surface area contributed by atoms with E-state index >= 15 is 0 Å². The Morgan fingerprint density at radius 1 is 1.50 bits per heavy atom. The van der Waals surface area contributed by atoms with Gasteiger partial charge in [-0.25, -0.2) is 13.2 Å². The standard InChI is InChI=1S/C12H17NO6S/c1-8-7-13(4-3-5-18-8)20(16,17)11-6-10(12(14)15)19-9(11)2/h6,8H,3-5,7H2,1-2H3,(H,14,15). The monoisotopic (exact) mass is 303 g/mol. The van der Waals surface area contributed by atoms with Crippen LogP contribution in [0.4, 0.5) is 0 Å². The molecule has 1 saturated heterocycles. The molecule has 112 valence electrons. The Morgan fingerprint density at radius 3 is 2.80 bits per heavy atom. The molecule has 1 aliphatic heterocycles. The molecule has 0 amide bonds. The van der Waals surface area contributed by atoms with Crippen molar-refractivity contribution in [3.63, 3.8) is 0 Å². The summed E-state index contributed by atoms with van der Waals surface area (Å²) in [4.78, 5) is 10.8. The van der Waals surface area contributed by atoms with Crippen LogP contribution in [0.25, 0.3) is 0 Å². The number of hydrogen-bond donors (Lipinski definition) is 1. The van der Waals surface area contributed by atoms with E-state index in [-0.39, 0.29) is 29.1 Å². The van der Waals surface area contributed by atoms with E-state index in [1.54, 1.807) is 6.92 Å². The third-order valence-corrected chi connectivity index (χ3v) is 5.09. The van der Waals surface area contributed by atoms with Gasteiger partial charge in [-0.05, 0) is 20.3 Å². The number of aromatic carboxylic acids is 1. The first-order valence-electron chi connectivity index (χ1n) is 6.28. The highest BCUT2D eigenvalue weighted by atomic mass is 32.2. The summed E-state index contributed by atoms with van der Waals surface area (Å²) in [5.41, 5.74) is 0. The Balaban J connectivity index is 2.36. The predicted octanol–water partition coefficient (Wildman–Crippen LogP) is 1.09. The minimum atomic E-state index is -3.77. The van der Waals surface area contributed by atoms with Crippen LogP contribution in [0.15, 0.2) is 15.4 Å². The third kappa shape index (κ3) is 2.87. The average molecular weight is 303 g/mol. The number of carbonyl (C=O) groups is 1. The number of furan rings is 1. The molecule has 7 nitrogen and oxygen atoms in total. The second-order valence-corrected chi connectivity index (χ2v) is 6.64. The van der Waals surface area contributed by atoms with Crippen LogP contribution in [-0.2, 0) is 14.8 Å². The molecule has 1 aliphatic rings. The molecule has 8 heteroatoms. The van der Waals surface area contributed by atoms with Gasteiger partial charge in [-0.1, -0.05) is 0 Å². The van der Waals surface area contributed by atoms with E-state index in [1.807, 2.05) is 0 Å². The minimum Gasteiger partial charge on any atom is -0.475 e. The maximum Gasteiger partial charge on any atom is 0.371 e. The Bertz CT molecular complexity index is 605. The zero-order valence-electron chi connectivity index (χ0n) is 11.3. The van der Waals surface area contributed by atoms with E-state index in [4.69, 9.17) is 14.3 Å². The largest absolute Gasteiger partial charge is 0.475 e. The molecular formula is C12H17NO6S. The smallest absolute Gasteiger partial charge is 0.371 e. The maximum atomic E-state index is 12.6. The Hall–Kier alpha value is -1.38. The summed E-state index contributed by atoms with van der Waals surface area (Å²) in [6.45, 7) is 4.35. The number of rotatable bonds is 3. The number of carboxylic acid groups (broad SMARTS) is 1. The lowest BCUT2D eigenvalue weighted by molar-refractivity contribution is 0.0661. The van der Waals surface area contributed by atoms with E-state index < -0.39 is 16.0 Å². The van der Waals surface area contributed by atoms with E-state index in [9.17, 15) is 13.2 Å². The molecule has 20 heavy (non-hydrogen) atoms. The molecule has 0 aromatic carbocycles. The predicted molar refractivity (Wildman–Crippen MR) is 69.2 cm³/mol. The molecule has 0 saturated carbocycles. The molecule has 1 aromatic heterocycles. The number of sulfonamides is 1. The van der Waals surface area contributed by atoms with E-state index in [2.05, 4.69) is 0 Å². The summed E-state index contributed by atoms with van der Waals surface area (Å²) in [5.74, 6) is -1.58. The van der Waals surface area contributed by atoms with Gasteiger partial charge in [0.05, 0.1) is 6.10 Å². The summed E-state index contributed by atoms with van der Waals surface area (Å²) < 4.78 is 36.8. The van der Waals surface area contributed by atoms with Crippen LogP contribution in [0.5, 0.6) is 0 Å². The van der Waals surface area contributed by atoms with Gasteiger partial charge in [-0.2, -0.15) is 4.31 Å². The van der Waals surface area contributed by atoms with Crippen LogP contribution in [0, 0.1) is 6.92 Å². The quantitative estimate of drug-likeness (QED) is 0.897. The molecule has 1 fully saturated rings. The topological polar surface area (TPSA) is 97.0 Å². The first-order valence-corrected chi connectivity index (χ1v) is 7.72. The number of aryl methyl sites for hydroxylation is 1. The molecule has 0 spiro atoms. The van der Waals surface area contributed by atoms with E-state index in [0.29, 0.717) is 19.6 Å². The van der Waals surface area contributed by atoms with Crippen molar-refractivity contribution in [2.45, 2.75) is 31.3 Å². The molecule has 0 bridgehead atoms. The van der Waals surface area contributed by atoms with Gasteiger partial charge in [-0.3, -0.25) is 0 Å². The molecule has 1 atom stereocenters. The first-order chi connectivity index (χ1) is 9.32. The number of hydrogen-bond acceptors (Lipinski definition) is 5. The average Bonchev–Trinajstić information content (AvgIpc) is 2.62. The lowest BCUT2D eigenvalue weighted by Gasteiger charge is -2.21. The summed E-state index contributed by atoms with van der Waals surface area (Å²) in [6.07, 6.45) is 0.408. The van der Waals surface area contributed by atoms with Crippen LogP contribution in [-0.4, -0.2) is 49.6 Å². The molecular weight excluding hydrogens is 286 g/mol. The van der Waals surface area contributed by atoms with Crippen LogP contribution in [0.2, 0.25) is 0 Å². The number of carboxylic acids is 1. The van der Waals surface area contributed by atoms with Crippen molar-refractivity contribution in [3.05, 3.63) is 17.6 Å². The van der Waals surface area contributed by atoms with Crippen LogP contribution in [0.1, 0.15) is 29.7 Å². The molecule has 1 N–H and O–H groups in total. The van der Waals surface area contributed by atoms with Crippen molar-refractivity contribution in [1.82, 2.24) is 4.31 Å². The highest BCUT2D eigenvalue weighted by Crippen LogP contribution is 2.25. The van der Waals surface area contributed by atoms with Gasteiger partial charge >= 0.3 is 5.97 Å². The first kappa shape index (κ1) is 15.0. The van der Waals surface area contributed by atoms with Crippen molar-refractivity contribution < 1.29 is 27.5 Å². The molecule has 2 heterocycles. The Labute approximate surface area is 117 Å². The second kappa shape index (κ2) is 5.55. The van der Waals surface area contributed by atoms with Crippen molar-refractivity contribution in [3.8, 4) is 0 Å². The number of nitrogens with zero attached hydrogens (tertiary/aromatic N) is 1. The Kier molecular flexibility index (Phi) is 4.17. The second-order valence-electron chi connectivity index (χ2n) is 4.73. The van der Waals surface area contributed by atoms with Crippen LogP contribution < -0.4 is 0 Å². The lowest BCUT2D eigenvalue weighted by Crippen LogP contribution is -2.36. The van der Waals surface area contributed by atoms with Crippen LogP contribution >= 0.6 is 0 Å². The highest BCUT2D eigenvalue weighted by molar-refractivity contribution is 7.89. The summed E-state index contributed by atoms with van der Waals surface area (Å²) in [5, 5.41) is 8.86. The van der Waals surface area contributed by atoms with E-state index in [1.165, 1.54) is 11.2 Å². The van der Waals surface area contributed by atoms with Crippen molar-refractivity contribution in [1.29, 1.82) is 0 Å². The van der Waals surface area contributed by atoms with Crippen molar-refractivity contribution >= 4 is 16.0 Å². The fourth-order valence-corrected chi connectivity index (χ4v) is 3.86. The summed E-state index contributed by atoms with van der Waals surface area (Å²) in [6, 6.07) is 1.06. The van der Waals surface area contributed by atoms with Gasteiger partial charge in [0.15, 0.2) is 0 Å². The summed E-state index contributed by atoms with van der Waals surface area (Å²) >= 11 is 0. The zero-order chi connectivity index (χ0) is 14.9. The van der Waals surface area contributed by atoms with Crippen molar-refractivity contribution in [2.75, 3.05) is 19.7 Å². The highest BCUT2D eigenvalue weighted by Gasteiger charge is 2.32. The third-order valence-electron chi connectivity index (χ3n) is 3.12. The fourth-order valence-electron chi connectivity index (χ4n) is 2.14. The van der Waals surface area contributed by atoms with Gasteiger partial charge in [0, 0.05) is 25.8 Å². The van der Waals surface area contributed by atoms with Gasteiger partial charge in [-0.15, -0.1) is 0 Å². The van der Waals surface area contributed by atoms with E-state index in [0.717, 1.165) is 6.07 Å². The van der Waals surface area contributed by atoms with Gasteiger partial charge in [0.1, 0.15) is 10.7 Å². The normalized spacial score (nSPS) is 21.6. The molecule has 0 aliphatic carbocycles. The van der Waals surface area contributed by atoms with Gasteiger partial charge in [0.25, 0.3) is 0 Å². The maximum absolute atomic E-state index is 12.6. The van der Waals surface area contributed by atoms with Gasteiger partial charge < -0.3 is 14.3 Å². The Morgan fingerprint density at radius 2 is 2.20 bits per heavy atom.